The molecule has 2 fully saturated rings. The highest BCUT2D eigenvalue weighted by atomic mass is 16.2. The first-order valence-electron chi connectivity index (χ1n) is 7.05. The average molecular weight is 265 g/mol. The third-order valence-electron chi connectivity index (χ3n) is 3.84. The molecular formula is C14H23N3O2. The van der Waals surface area contributed by atoms with Crippen molar-refractivity contribution in [3.63, 3.8) is 0 Å². The molecule has 5 nitrogen and oxygen atoms in total. The van der Waals surface area contributed by atoms with Crippen LogP contribution in [0, 0.1) is 0 Å². The van der Waals surface area contributed by atoms with Gasteiger partial charge in [0.05, 0.1) is 0 Å². The fourth-order valence-corrected chi connectivity index (χ4v) is 2.52. The van der Waals surface area contributed by atoms with Crippen LogP contribution in [0.3, 0.4) is 0 Å². The van der Waals surface area contributed by atoms with Crippen molar-refractivity contribution in [1.29, 1.82) is 0 Å². The summed E-state index contributed by atoms with van der Waals surface area (Å²) in [5.41, 5.74) is 0. The van der Waals surface area contributed by atoms with Crippen LogP contribution in [0.4, 0.5) is 4.79 Å². The fraction of sp³-hybridized carbons (Fsp3) is 0.714. The van der Waals surface area contributed by atoms with Crippen molar-refractivity contribution >= 4 is 11.9 Å². The Balaban J connectivity index is 1.79. The van der Waals surface area contributed by atoms with Crippen LogP contribution in [-0.4, -0.2) is 53.5 Å². The number of rotatable bonds is 4. The Labute approximate surface area is 114 Å². The molecule has 1 saturated carbocycles. The van der Waals surface area contributed by atoms with Gasteiger partial charge in [0.15, 0.2) is 0 Å². The molecule has 0 aromatic rings. The molecule has 1 N–H and O–H groups in total. The Kier molecular flexibility index (Phi) is 4.45. The topological polar surface area (TPSA) is 52.7 Å². The van der Waals surface area contributed by atoms with E-state index < -0.39 is 0 Å². The predicted octanol–water partition coefficient (Wildman–Crippen LogP) is 1.36. The summed E-state index contributed by atoms with van der Waals surface area (Å²) in [6.45, 7) is 7.39. The molecular weight excluding hydrogens is 242 g/mol. The molecule has 2 aliphatic rings. The first kappa shape index (κ1) is 13.9. The largest absolute Gasteiger partial charge is 0.343 e. The lowest BCUT2D eigenvalue weighted by Gasteiger charge is -2.33. The summed E-state index contributed by atoms with van der Waals surface area (Å²) < 4.78 is 0. The van der Waals surface area contributed by atoms with E-state index in [1.165, 1.54) is 0 Å². The van der Waals surface area contributed by atoms with Gasteiger partial charge in [-0.05, 0) is 25.7 Å². The molecule has 1 aliphatic carbocycles. The highest BCUT2D eigenvalue weighted by Gasteiger charge is 2.33. The minimum Gasteiger partial charge on any atom is -0.343 e. The van der Waals surface area contributed by atoms with Crippen LogP contribution in [-0.2, 0) is 4.79 Å². The number of hydrogen-bond acceptors (Lipinski definition) is 2. The molecule has 3 amide bonds. The predicted molar refractivity (Wildman–Crippen MR) is 73.7 cm³/mol. The maximum absolute atomic E-state index is 12.2. The second kappa shape index (κ2) is 6.08. The van der Waals surface area contributed by atoms with Crippen molar-refractivity contribution in [3.05, 3.63) is 12.7 Å². The van der Waals surface area contributed by atoms with Gasteiger partial charge < -0.3 is 15.1 Å². The van der Waals surface area contributed by atoms with Gasteiger partial charge in [-0.25, -0.2) is 4.79 Å². The Morgan fingerprint density at radius 2 is 1.95 bits per heavy atom. The Hall–Kier alpha value is -1.52. The van der Waals surface area contributed by atoms with Gasteiger partial charge in [-0.2, -0.15) is 0 Å². The minimum atomic E-state index is 0.0173. The smallest absolute Gasteiger partial charge is 0.318 e. The van der Waals surface area contributed by atoms with Crippen LogP contribution >= 0.6 is 0 Å². The number of likely N-dealkylation sites (tertiary alicyclic amines) is 1. The van der Waals surface area contributed by atoms with Gasteiger partial charge in [-0.15, -0.1) is 6.58 Å². The zero-order chi connectivity index (χ0) is 13.8. The van der Waals surface area contributed by atoms with E-state index in [1.807, 2.05) is 9.80 Å². The summed E-state index contributed by atoms with van der Waals surface area (Å²) in [6, 6.07) is 0.605. The number of piperidine rings is 1. The molecule has 0 aromatic carbocycles. The normalized spacial score (nSPS) is 19.9. The lowest BCUT2D eigenvalue weighted by molar-refractivity contribution is -0.129. The second-order valence-electron chi connectivity index (χ2n) is 5.40. The molecule has 19 heavy (non-hydrogen) atoms. The molecule has 0 unspecified atom stereocenters. The Morgan fingerprint density at radius 1 is 1.32 bits per heavy atom. The van der Waals surface area contributed by atoms with Gasteiger partial charge in [-0.3, -0.25) is 4.79 Å². The van der Waals surface area contributed by atoms with Crippen molar-refractivity contribution < 1.29 is 9.59 Å². The minimum absolute atomic E-state index is 0.0173. The molecule has 1 aliphatic heterocycles. The highest BCUT2D eigenvalue weighted by molar-refractivity contribution is 5.76. The standard InChI is InChI=1S/C14H23N3O2/c1-3-8-17(13-4-5-13)14(19)15-12-6-9-16(10-7-12)11(2)18/h3,12-13H,1,4-10H2,2H3,(H,15,19). The maximum atomic E-state index is 12.2. The Morgan fingerprint density at radius 3 is 2.42 bits per heavy atom. The van der Waals surface area contributed by atoms with Crippen LogP contribution in [0.1, 0.15) is 32.6 Å². The quantitative estimate of drug-likeness (QED) is 0.780. The van der Waals surface area contributed by atoms with Gasteiger partial charge in [0.1, 0.15) is 0 Å². The lowest BCUT2D eigenvalue weighted by atomic mass is 10.1. The number of carbonyl (C=O) groups excluding carboxylic acids is 2. The van der Waals surface area contributed by atoms with E-state index in [9.17, 15) is 9.59 Å². The van der Waals surface area contributed by atoms with Crippen LogP contribution in [0.2, 0.25) is 0 Å². The maximum Gasteiger partial charge on any atom is 0.318 e. The van der Waals surface area contributed by atoms with Crippen molar-refractivity contribution in [3.8, 4) is 0 Å². The molecule has 1 heterocycles. The van der Waals surface area contributed by atoms with E-state index in [2.05, 4.69) is 11.9 Å². The molecule has 1 saturated heterocycles. The first-order chi connectivity index (χ1) is 9.11. The van der Waals surface area contributed by atoms with E-state index in [0.717, 1.165) is 38.8 Å². The summed E-state index contributed by atoms with van der Waals surface area (Å²) in [5.74, 6) is 0.121. The van der Waals surface area contributed by atoms with Crippen LogP contribution in [0.5, 0.6) is 0 Å². The summed E-state index contributed by atoms with van der Waals surface area (Å²) >= 11 is 0. The van der Waals surface area contributed by atoms with E-state index in [0.29, 0.717) is 12.6 Å². The number of nitrogens with zero attached hydrogens (tertiary/aromatic N) is 2. The van der Waals surface area contributed by atoms with E-state index in [1.54, 1.807) is 13.0 Å². The second-order valence-corrected chi connectivity index (χ2v) is 5.40. The van der Waals surface area contributed by atoms with Crippen LogP contribution < -0.4 is 5.32 Å². The summed E-state index contributed by atoms with van der Waals surface area (Å²) in [7, 11) is 0. The molecule has 0 atom stereocenters. The molecule has 0 spiro atoms. The highest BCUT2D eigenvalue weighted by Crippen LogP contribution is 2.26. The van der Waals surface area contributed by atoms with E-state index in [-0.39, 0.29) is 18.0 Å². The summed E-state index contributed by atoms with van der Waals surface area (Å²) in [5, 5.41) is 3.09. The molecule has 0 aromatic heterocycles. The monoisotopic (exact) mass is 265 g/mol. The van der Waals surface area contributed by atoms with Gasteiger partial charge in [0, 0.05) is 38.6 Å². The number of hydrogen-bond donors (Lipinski definition) is 1. The van der Waals surface area contributed by atoms with E-state index >= 15 is 0 Å². The zero-order valence-electron chi connectivity index (χ0n) is 11.6. The third kappa shape index (κ3) is 3.72. The average Bonchev–Trinajstić information content (AvgIpc) is 3.20. The lowest BCUT2D eigenvalue weighted by Crippen LogP contribution is -2.50. The van der Waals surface area contributed by atoms with Crippen LogP contribution in [0.15, 0.2) is 12.7 Å². The fourth-order valence-electron chi connectivity index (χ4n) is 2.52. The van der Waals surface area contributed by atoms with Crippen molar-refractivity contribution in [2.75, 3.05) is 19.6 Å². The molecule has 106 valence electrons. The number of nitrogens with one attached hydrogen (secondary N) is 1. The van der Waals surface area contributed by atoms with Crippen molar-refractivity contribution in [2.45, 2.75) is 44.7 Å². The zero-order valence-corrected chi connectivity index (χ0v) is 11.6. The SMILES string of the molecule is C=CCN(C(=O)NC1CCN(C(C)=O)CC1)C1CC1. The number of amides is 3. The third-order valence-corrected chi connectivity index (χ3v) is 3.84. The molecule has 0 bridgehead atoms. The molecule has 2 rings (SSSR count). The molecule has 0 radical (unpaired) electrons. The van der Waals surface area contributed by atoms with Gasteiger partial charge >= 0.3 is 6.03 Å². The van der Waals surface area contributed by atoms with Crippen LogP contribution in [0.25, 0.3) is 0 Å². The molecule has 5 heteroatoms. The van der Waals surface area contributed by atoms with E-state index in [4.69, 9.17) is 0 Å². The van der Waals surface area contributed by atoms with Crippen molar-refractivity contribution in [1.82, 2.24) is 15.1 Å². The van der Waals surface area contributed by atoms with Gasteiger partial charge in [-0.1, -0.05) is 6.08 Å². The summed E-state index contributed by atoms with van der Waals surface area (Å²) in [4.78, 5) is 27.1. The number of urea groups is 1. The van der Waals surface area contributed by atoms with Crippen molar-refractivity contribution in [2.24, 2.45) is 0 Å². The Bertz CT molecular complexity index is 358. The summed E-state index contributed by atoms with van der Waals surface area (Å²) in [6.07, 6.45) is 5.67. The van der Waals surface area contributed by atoms with Gasteiger partial charge in [0.2, 0.25) is 5.91 Å². The first-order valence-corrected chi connectivity index (χ1v) is 7.05. The number of carbonyl (C=O) groups is 2. The van der Waals surface area contributed by atoms with Gasteiger partial charge in [0.25, 0.3) is 0 Å².